The molecular formula is C13H22N4O4. The average Bonchev–Trinajstić information content (AvgIpc) is 2.80. The monoisotopic (exact) mass is 298 g/mol. The van der Waals surface area contributed by atoms with Gasteiger partial charge in [-0.25, -0.2) is 0 Å². The maximum absolute atomic E-state index is 12.0. The second-order valence-corrected chi connectivity index (χ2v) is 5.60. The zero-order valence-corrected chi connectivity index (χ0v) is 12.8. The molecule has 0 aromatic carbocycles. The minimum atomic E-state index is -1.09. The summed E-state index contributed by atoms with van der Waals surface area (Å²) in [5, 5.41) is 30.0. The van der Waals surface area contributed by atoms with Crippen molar-refractivity contribution in [3.8, 4) is 0 Å². The van der Waals surface area contributed by atoms with Gasteiger partial charge < -0.3 is 10.4 Å². The summed E-state index contributed by atoms with van der Waals surface area (Å²) in [7, 11) is 0. The van der Waals surface area contributed by atoms with Crippen molar-refractivity contribution in [2.24, 2.45) is 5.92 Å². The fraction of sp³-hybridized carbons (Fsp3) is 0.692. The highest BCUT2D eigenvalue weighted by Crippen LogP contribution is 2.22. The van der Waals surface area contributed by atoms with Gasteiger partial charge in [0.15, 0.2) is 0 Å². The number of H-pyrrole nitrogens is 1. The quantitative estimate of drug-likeness (QED) is 0.519. The molecule has 0 bridgehead atoms. The first-order valence-corrected chi connectivity index (χ1v) is 6.92. The number of aryl methyl sites for hydroxylation is 1. The molecule has 8 nitrogen and oxygen atoms in total. The van der Waals surface area contributed by atoms with E-state index in [0.29, 0.717) is 18.5 Å². The highest BCUT2D eigenvalue weighted by molar-refractivity contribution is 5.96. The van der Waals surface area contributed by atoms with Crippen LogP contribution >= 0.6 is 0 Å². The summed E-state index contributed by atoms with van der Waals surface area (Å²) in [6.45, 7) is 7.12. The first-order chi connectivity index (χ1) is 9.70. The largest absolute Gasteiger partial charge is 0.388 e. The molecule has 1 heterocycles. The van der Waals surface area contributed by atoms with Crippen LogP contribution < -0.4 is 5.32 Å². The Labute approximate surface area is 123 Å². The van der Waals surface area contributed by atoms with E-state index in [0.717, 1.165) is 0 Å². The SMILES string of the molecule is CCCc1[nH]nc(C(=O)NCC(C)(O)C(C)C)c1[N+](=O)[O-]. The molecule has 8 heteroatoms. The number of hydrogen-bond acceptors (Lipinski definition) is 5. The summed E-state index contributed by atoms with van der Waals surface area (Å²) in [6, 6.07) is 0. The van der Waals surface area contributed by atoms with E-state index in [4.69, 9.17) is 0 Å². The van der Waals surface area contributed by atoms with Crippen molar-refractivity contribution < 1.29 is 14.8 Å². The normalized spacial score (nSPS) is 14.0. The Bertz CT molecular complexity index is 522. The lowest BCUT2D eigenvalue weighted by atomic mass is 9.92. The molecule has 118 valence electrons. The predicted octanol–water partition coefficient (Wildman–Crippen LogP) is 1.41. The number of nitrogens with one attached hydrogen (secondary N) is 2. The van der Waals surface area contributed by atoms with Gasteiger partial charge in [0.1, 0.15) is 5.69 Å². The van der Waals surface area contributed by atoms with Crippen LogP contribution in [0, 0.1) is 16.0 Å². The number of nitro groups is 1. The van der Waals surface area contributed by atoms with Gasteiger partial charge in [-0.2, -0.15) is 5.10 Å². The Morgan fingerprint density at radius 3 is 2.67 bits per heavy atom. The number of amides is 1. The Balaban J connectivity index is 2.91. The third-order valence-corrected chi connectivity index (χ3v) is 3.56. The highest BCUT2D eigenvalue weighted by Gasteiger charge is 2.31. The van der Waals surface area contributed by atoms with Crippen LogP contribution in [0.15, 0.2) is 0 Å². The van der Waals surface area contributed by atoms with Crippen molar-refractivity contribution in [2.75, 3.05) is 6.54 Å². The lowest BCUT2D eigenvalue weighted by Crippen LogP contribution is -2.44. The van der Waals surface area contributed by atoms with Crippen LogP contribution in [0.4, 0.5) is 5.69 Å². The van der Waals surface area contributed by atoms with Gasteiger partial charge in [-0.3, -0.25) is 20.0 Å². The van der Waals surface area contributed by atoms with Crippen LogP contribution in [0.1, 0.15) is 50.3 Å². The summed E-state index contributed by atoms with van der Waals surface area (Å²) in [4.78, 5) is 22.5. The van der Waals surface area contributed by atoms with E-state index >= 15 is 0 Å². The zero-order chi connectivity index (χ0) is 16.2. The van der Waals surface area contributed by atoms with Crippen LogP contribution in [0.25, 0.3) is 0 Å². The number of nitrogens with zero attached hydrogens (tertiary/aromatic N) is 2. The van der Waals surface area contributed by atoms with Gasteiger partial charge in [0.2, 0.25) is 5.69 Å². The second-order valence-electron chi connectivity index (χ2n) is 5.60. The third kappa shape index (κ3) is 4.01. The molecule has 0 aliphatic heterocycles. The van der Waals surface area contributed by atoms with E-state index in [2.05, 4.69) is 15.5 Å². The van der Waals surface area contributed by atoms with E-state index in [1.807, 2.05) is 20.8 Å². The first-order valence-electron chi connectivity index (χ1n) is 6.92. The van der Waals surface area contributed by atoms with Crippen LogP contribution in [0.3, 0.4) is 0 Å². The van der Waals surface area contributed by atoms with Crippen molar-refractivity contribution in [1.29, 1.82) is 0 Å². The smallest absolute Gasteiger partial charge is 0.322 e. The van der Waals surface area contributed by atoms with E-state index in [9.17, 15) is 20.0 Å². The van der Waals surface area contributed by atoms with Crippen molar-refractivity contribution >= 4 is 11.6 Å². The summed E-state index contributed by atoms with van der Waals surface area (Å²) >= 11 is 0. The topological polar surface area (TPSA) is 121 Å². The first kappa shape index (κ1) is 17.1. The molecule has 1 rings (SSSR count). The maximum Gasteiger partial charge on any atom is 0.322 e. The van der Waals surface area contributed by atoms with Gasteiger partial charge in [-0.1, -0.05) is 27.2 Å². The number of carbonyl (C=O) groups excluding carboxylic acids is 1. The fourth-order valence-electron chi connectivity index (χ4n) is 1.70. The molecular weight excluding hydrogens is 276 g/mol. The van der Waals surface area contributed by atoms with Gasteiger partial charge >= 0.3 is 5.69 Å². The van der Waals surface area contributed by atoms with E-state index in [1.54, 1.807) is 6.92 Å². The molecule has 0 fully saturated rings. The Hall–Kier alpha value is -1.96. The molecule has 0 radical (unpaired) electrons. The van der Waals surface area contributed by atoms with Gasteiger partial charge in [0.05, 0.1) is 10.5 Å². The standard InChI is InChI=1S/C13H22N4O4/c1-5-6-9-11(17(20)21)10(16-15-9)12(18)14-7-13(4,19)8(2)3/h8,19H,5-7H2,1-4H3,(H,14,18)(H,15,16). The fourth-order valence-corrected chi connectivity index (χ4v) is 1.70. The van der Waals surface area contributed by atoms with E-state index in [-0.39, 0.29) is 23.8 Å². The van der Waals surface area contributed by atoms with Crippen molar-refractivity contribution in [1.82, 2.24) is 15.5 Å². The number of aromatic amines is 1. The lowest BCUT2D eigenvalue weighted by molar-refractivity contribution is -0.385. The number of hydrogen-bond donors (Lipinski definition) is 3. The molecule has 0 spiro atoms. The Kier molecular flexibility index (Phi) is 5.42. The minimum Gasteiger partial charge on any atom is -0.388 e. The molecule has 0 saturated carbocycles. The molecule has 0 saturated heterocycles. The molecule has 1 unspecified atom stereocenters. The van der Waals surface area contributed by atoms with E-state index in [1.165, 1.54) is 0 Å². The molecule has 1 aromatic heterocycles. The highest BCUT2D eigenvalue weighted by atomic mass is 16.6. The summed E-state index contributed by atoms with van der Waals surface area (Å²) in [6.07, 6.45) is 1.15. The average molecular weight is 298 g/mol. The molecule has 1 amide bonds. The van der Waals surface area contributed by atoms with Crippen molar-refractivity contribution in [3.05, 3.63) is 21.5 Å². The van der Waals surface area contributed by atoms with Gasteiger partial charge in [0, 0.05) is 6.54 Å². The van der Waals surface area contributed by atoms with Crippen LogP contribution in [0.2, 0.25) is 0 Å². The molecule has 0 aliphatic carbocycles. The third-order valence-electron chi connectivity index (χ3n) is 3.56. The van der Waals surface area contributed by atoms with Crippen molar-refractivity contribution in [2.45, 2.75) is 46.1 Å². The summed E-state index contributed by atoms with van der Waals surface area (Å²) in [5.74, 6) is -0.733. The maximum atomic E-state index is 12.0. The number of aromatic nitrogens is 2. The molecule has 3 N–H and O–H groups in total. The lowest BCUT2D eigenvalue weighted by Gasteiger charge is -2.27. The van der Waals surface area contributed by atoms with Gasteiger partial charge in [-0.05, 0) is 19.3 Å². The zero-order valence-electron chi connectivity index (χ0n) is 12.8. The Morgan fingerprint density at radius 2 is 2.19 bits per heavy atom. The second kappa shape index (κ2) is 6.66. The van der Waals surface area contributed by atoms with Gasteiger partial charge in [0.25, 0.3) is 5.91 Å². The van der Waals surface area contributed by atoms with Crippen LogP contribution in [0.5, 0.6) is 0 Å². The summed E-state index contributed by atoms with van der Waals surface area (Å²) in [5.41, 5.74) is -1.29. The van der Waals surface area contributed by atoms with Gasteiger partial charge in [-0.15, -0.1) is 0 Å². The summed E-state index contributed by atoms with van der Waals surface area (Å²) < 4.78 is 0. The minimum absolute atomic E-state index is 0.00335. The molecule has 1 aromatic rings. The molecule has 0 aliphatic rings. The van der Waals surface area contributed by atoms with Crippen molar-refractivity contribution in [3.63, 3.8) is 0 Å². The predicted molar refractivity (Wildman–Crippen MR) is 77.0 cm³/mol. The number of aliphatic hydroxyl groups is 1. The van der Waals surface area contributed by atoms with Crippen LogP contribution in [-0.4, -0.2) is 38.3 Å². The number of rotatable bonds is 7. The Morgan fingerprint density at radius 1 is 1.57 bits per heavy atom. The molecule has 21 heavy (non-hydrogen) atoms. The molecule has 1 atom stereocenters. The van der Waals surface area contributed by atoms with Crippen LogP contribution in [-0.2, 0) is 6.42 Å². The van der Waals surface area contributed by atoms with E-state index < -0.39 is 16.4 Å². The number of carbonyl (C=O) groups is 1.